The summed E-state index contributed by atoms with van der Waals surface area (Å²) in [5.41, 5.74) is 0. The monoisotopic (exact) mass is 288 g/mol. The summed E-state index contributed by atoms with van der Waals surface area (Å²) in [6.07, 6.45) is 2.15. The molecule has 0 aliphatic heterocycles. The van der Waals surface area contributed by atoms with Crippen LogP contribution in [0.2, 0.25) is 0 Å². The molecule has 0 rings (SSSR count). The average Bonchev–Trinajstić information content (AvgIpc) is 2.40. The van der Waals surface area contributed by atoms with Crippen molar-refractivity contribution in [2.45, 2.75) is 39.5 Å². The molecule has 0 aromatic rings. The number of carboxylic acids is 2. The molecule has 0 amide bonds. The van der Waals surface area contributed by atoms with Crippen LogP contribution in [0.1, 0.15) is 39.5 Å². The third-order valence-electron chi connectivity index (χ3n) is 3.38. The standard InChI is InChI=1S/C14H28N2O4/c1-3-15(4-2)9-5-6-10-16(11-7-13(17)18)12-8-14(19)20/h3-12H2,1-2H3,(H,17,18)(H,19,20). The lowest BCUT2D eigenvalue weighted by Gasteiger charge is -2.22. The van der Waals surface area contributed by atoms with E-state index in [2.05, 4.69) is 18.7 Å². The molecule has 0 heterocycles. The number of rotatable bonds is 13. The predicted molar refractivity (Wildman–Crippen MR) is 78.0 cm³/mol. The summed E-state index contributed by atoms with van der Waals surface area (Å²) in [7, 11) is 0. The Kier molecular flexibility index (Phi) is 11.0. The number of unbranched alkanes of at least 4 members (excludes halogenated alkanes) is 1. The molecular formula is C14H28N2O4. The van der Waals surface area contributed by atoms with Crippen LogP contribution < -0.4 is 0 Å². The summed E-state index contributed by atoms with van der Waals surface area (Å²) in [5.74, 6) is -1.68. The number of hydrogen-bond donors (Lipinski definition) is 2. The normalized spacial score (nSPS) is 11.2. The summed E-state index contributed by atoms with van der Waals surface area (Å²) in [6.45, 7) is 9.00. The molecule has 0 spiro atoms. The molecule has 6 nitrogen and oxygen atoms in total. The zero-order chi connectivity index (χ0) is 15.4. The first-order chi connectivity index (χ1) is 9.49. The average molecular weight is 288 g/mol. The van der Waals surface area contributed by atoms with Crippen LogP contribution in [0, 0.1) is 0 Å². The maximum absolute atomic E-state index is 10.6. The van der Waals surface area contributed by atoms with Crippen LogP contribution in [-0.2, 0) is 9.59 Å². The van der Waals surface area contributed by atoms with Crippen molar-refractivity contribution in [3.05, 3.63) is 0 Å². The first-order valence-corrected chi connectivity index (χ1v) is 7.37. The quantitative estimate of drug-likeness (QED) is 0.498. The Bertz CT molecular complexity index is 262. The lowest BCUT2D eigenvalue weighted by atomic mass is 10.2. The molecule has 0 bridgehead atoms. The number of aliphatic carboxylic acids is 2. The first-order valence-electron chi connectivity index (χ1n) is 7.37. The van der Waals surface area contributed by atoms with Crippen molar-refractivity contribution in [1.82, 2.24) is 9.80 Å². The zero-order valence-corrected chi connectivity index (χ0v) is 12.7. The molecule has 0 saturated heterocycles. The van der Waals surface area contributed by atoms with Gasteiger partial charge in [0.05, 0.1) is 12.8 Å². The van der Waals surface area contributed by atoms with Gasteiger partial charge in [-0.15, -0.1) is 0 Å². The smallest absolute Gasteiger partial charge is 0.304 e. The third-order valence-corrected chi connectivity index (χ3v) is 3.38. The largest absolute Gasteiger partial charge is 0.481 e. The van der Waals surface area contributed by atoms with E-state index in [1.807, 2.05) is 4.90 Å². The number of carboxylic acid groups (broad SMARTS) is 2. The van der Waals surface area contributed by atoms with Gasteiger partial charge in [0.15, 0.2) is 0 Å². The second-order valence-electron chi connectivity index (χ2n) is 4.86. The van der Waals surface area contributed by atoms with Gasteiger partial charge in [-0.05, 0) is 39.0 Å². The van der Waals surface area contributed by atoms with Gasteiger partial charge in [-0.2, -0.15) is 0 Å². The summed E-state index contributed by atoms with van der Waals surface area (Å²) >= 11 is 0. The van der Waals surface area contributed by atoms with E-state index in [1.54, 1.807) is 0 Å². The van der Waals surface area contributed by atoms with Gasteiger partial charge in [-0.3, -0.25) is 9.59 Å². The second-order valence-corrected chi connectivity index (χ2v) is 4.86. The van der Waals surface area contributed by atoms with Crippen molar-refractivity contribution >= 4 is 11.9 Å². The SMILES string of the molecule is CCN(CC)CCCCN(CCC(=O)O)CCC(=O)O. The van der Waals surface area contributed by atoms with E-state index in [0.29, 0.717) is 13.1 Å². The minimum Gasteiger partial charge on any atom is -0.481 e. The van der Waals surface area contributed by atoms with Crippen molar-refractivity contribution < 1.29 is 19.8 Å². The van der Waals surface area contributed by atoms with Gasteiger partial charge in [-0.1, -0.05) is 13.8 Å². The van der Waals surface area contributed by atoms with E-state index in [4.69, 9.17) is 10.2 Å². The lowest BCUT2D eigenvalue weighted by Crippen LogP contribution is -2.31. The fraction of sp³-hybridized carbons (Fsp3) is 0.857. The van der Waals surface area contributed by atoms with Crippen molar-refractivity contribution in [3.63, 3.8) is 0 Å². The molecule has 0 aliphatic carbocycles. The summed E-state index contributed by atoms with van der Waals surface area (Å²) in [6, 6.07) is 0. The Morgan fingerprint density at radius 3 is 1.50 bits per heavy atom. The molecule has 0 atom stereocenters. The zero-order valence-electron chi connectivity index (χ0n) is 12.7. The Hall–Kier alpha value is -1.14. The summed E-state index contributed by atoms with van der Waals surface area (Å²) < 4.78 is 0. The fourth-order valence-electron chi connectivity index (χ4n) is 2.05. The minimum atomic E-state index is -0.839. The molecule has 118 valence electrons. The van der Waals surface area contributed by atoms with Crippen LogP contribution >= 0.6 is 0 Å². The predicted octanol–water partition coefficient (Wildman–Crippen LogP) is 1.36. The highest BCUT2D eigenvalue weighted by atomic mass is 16.4. The third kappa shape index (κ3) is 10.8. The van der Waals surface area contributed by atoms with Crippen LogP contribution in [0.4, 0.5) is 0 Å². The molecule has 0 radical (unpaired) electrons. The molecule has 6 heteroatoms. The minimum absolute atomic E-state index is 0.0651. The molecule has 2 N–H and O–H groups in total. The van der Waals surface area contributed by atoms with E-state index < -0.39 is 11.9 Å². The second kappa shape index (κ2) is 11.7. The van der Waals surface area contributed by atoms with Gasteiger partial charge in [0, 0.05) is 13.1 Å². The molecule has 0 saturated carbocycles. The van der Waals surface area contributed by atoms with Gasteiger partial charge in [0.25, 0.3) is 0 Å². The van der Waals surface area contributed by atoms with Crippen molar-refractivity contribution in [2.75, 3.05) is 39.3 Å². The lowest BCUT2D eigenvalue weighted by molar-refractivity contribution is -0.137. The van der Waals surface area contributed by atoms with Crippen molar-refractivity contribution in [3.8, 4) is 0 Å². The van der Waals surface area contributed by atoms with E-state index in [0.717, 1.165) is 39.0 Å². The fourth-order valence-corrected chi connectivity index (χ4v) is 2.05. The highest BCUT2D eigenvalue weighted by Gasteiger charge is 2.09. The first kappa shape index (κ1) is 18.9. The molecule has 0 unspecified atom stereocenters. The van der Waals surface area contributed by atoms with E-state index >= 15 is 0 Å². The number of carbonyl (C=O) groups is 2. The van der Waals surface area contributed by atoms with Crippen LogP contribution in [0.15, 0.2) is 0 Å². The van der Waals surface area contributed by atoms with Gasteiger partial charge in [-0.25, -0.2) is 0 Å². The molecule has 0 aromatic heterocycles. The van der Waals surface area contributed by atoms with Gasteiger partial charge in [0.2, 0.25) is 0 Å². The molecule has 0 aliphatic rings. The Balaban J connectivity index is 3.94. The van der Waals surface area contributed by atoms with Crippen LogP contribution in [0.25, 0.3) is 0 Å². The van der Waals surface area contributed by atoms with Crippen LogP contribution in [0.5, 0.6) is 0 Å². The Morgan fingerprint density at radius 2 is 1.15 bits per heavy atom. The molecular weight excluding hydrogens is 260 g/mol. The Labute approximate surface area is 121 Å². The van der Waals surface area contributed by atoms with Crippen molar-refractivity contribution in [2.24, 2.45) is 0 Å². The number of nitrogens with zero attached hydrogens (tertiary/aromatic N) is 2. The Morgan fingerprint density at radius 1 is 0.750 bits per heavy atom. The van der Waals surface area contributed by atoms with Gasteiger partial charge < -0.3 is 20.0 Å². The topological polar surface area (TPSA) is 81.1 Å². The summed E-state index contributed by atoms with van der Waals surface area (Å²) in [4.78, 5) is 25.5. The van der Waals surface area contributed by atoms with E-state index in [9.17, 15) is 9.59 Å². The molecule has 20 heavy (non-hydrogen) atoms. The highest BCUT2D eigenvalue weighted by Crippen LogP contribution is 2.01. The van der Waals surface area contributed by atoms with E-state index in [-0.39, 0.29) is 12.8 Å². The van der Waals surface area contributed by atoms with Gasteiger partial charge in [0.1, 0.15) is 0 Å². The molecule has 0 fully saturated rings. The maximum atomic E-state index is 10.6. The number of hydrogen-bond acceptors (Lipinski definition) is 4. The van der Waals surface area contributed by atoms with Crippen LogP contribution in [0.3, 0.4) is 0 Å². The van der Waals surface area contributed by atoms with Crippen LogP contribution in [-0.4, -0.2) is 71.2 Å². The maximum Gasteiger partial charge on any atom is 0.304 e. The summed E-state index contributed by atoms with van der Waals surface area (Å²) in [5, 5.41) is 17.4. The highest BCUT2D eigenvalue weighted by molar-refractivity contribution is 5.67. The van der Waals surface area contributed by atoms with Crippen molar-refractivity contribution in [1.29, 1.82) is 0 Å². The van der Waals surface area contributed by atoms with Gasteiger partial charge >= 0.3 is 11.9 Å². The molecule has 0 aromatic carbocycles. The van der Waals surface area contributed by atoms with E-state index in [1.165, 1.54) is 0 Å².